The van der Waals surface area contributed by atoms with Gasteiger partial charge in [0.15, 0.2) is 0 Å². The van der Waals surface area contributed by atoms with E-state index in [1.54, 1.807) is 53.6 Å². The van der Waals surface area contributed by atoms with E-state index in [1.807, 2.05) is 12.1 Å². The first-order valence-corrected chi connectivity index (χ1v) is 9.78. The second kappa shape index (κ2) is 10.0. The molecule has 30 heavy (non-hydrogen) atoms. The lowest BCUT2D eigenvalue weighted by molar-refractivity contribution is -0.383. The number of para-hydroxylation sites is 2. The molecular formula is C21H18Cl2N4O3. The first kappa shape index (κ1) is 21.5. The van der Waals surface area contributed by atoms with E-state index in [0.717, 1.165) is 11.3 Å². The van der Waals surface area contributed by atoms with Crippen LogP contribution in [0.1, 0.15) is 11.3 Å². The molecule has 0 radical (unpaired) electrons. The summed E-state index contributed by atoms with van der Waals surface area (Å²) in [5, 5.41) is 14.9. The second-order valence-corrected chi connectivity index (χ2v) is 7.26. The highest BCUT2D eigenvalue weighted by Crippen LogP contribution is 2.25. The Morgan fingerprint density at radius 3 is 2.50 bits per heavy atom. The number of nitro groups is 1. The molecule has 0 unspecified atom stereocenters. The summed E-state index contributed by atoms with van der Waals surface area (Å²) in [4.78, 5) is 29.5. The van der Waals surface area contributed by atoms with Crippen LogP contribution in [-0.4, -0.2) is 27.3 Å². The molecule has 0 saturated heterocycles. The van der Waals surface area contributed by atoms with Crippen LogP contribution in [0.4, 0.5) is 11.4 Å². The third-order valence-corrected chi connectivity index (χ3v) is 5.06. The van der Waals surface area contributed by atoms with Gasteiger partial charge in [0.25, 0.3) is 5.69 Å². The molecule has 2 aromatic carbocycles. The van der Waals surface area contributed by atoms with E-state index in [-0.39, 0.29) is 36.9 Å². The molecule has 0 atom stereocenters. The van der Waals surface area contributed by atoms with Crippen LogP contribution in [0.15, 0.2) is 66.9 Å². The number of aromatic nitrogens is 1. The average molecular weight is 445 g/mol. The van der Waals surface area contributed by atoms with Crippen LogP contribution < -0.4 is 5.32 Å². The molecule has 3 rings (SSSR count). The molecule has 1 aromatic heterocycles. The van der Waals surface area contributed by atoms with E-state index in [0.29, 0.717) is 10.0 Å². The summed E-state index contributed by atoms with van der Waals surface area (Å²) in [5.41, 5.74) is 1.71. The van der Waals surface area contributed by atoms with Crippen molar-refractivity contribution >= 4 is 40.5 Å². The number of nitro benzene ring substituents is 1. The van der Waals surface area contributed by atoms with E-state index in [2.05, 4.69) is 10.3 Å². The van der Waals surface area contributed by atoms with Gasteiger partial charge in [0.1, 0.15) is 5.69 Å². The molecule has 3 aromatic rings. The van der Waals surface area contributed by atoms with Crippen LogP contribution in [0, 0.1) is 10.1 Å². The average Bonchev–Trinajstić information content (AvgIpc) is 2.75. The van der Waals surface area contributed by atoms with Crippen molar-refractivity contribution in [3.8, 4) is 0 Å². The molecule has 154 valence electrons. The van der Waals surface area contributed by atoms with Crippen molar-refractivity contribution in [1.82, 2.24) is 9.88 Å². The van der Waals surface area contributed by atoms with Crippen molar-refractivity contribution in [2.45, 2.75) is 13.1 Å². The lowest BCUT2D eigenvalue weighted by Gasteiger charge is -2.23. The van der Waals surface area contributed by atoms with Gasteiger partial charge in [0.2, 0.25) is 5.91 Å². The summed E-state index contributed by atoms with van der Waals surface area (Å²) in [6, 6.07) is 16.8. The van der Waals surface area contributed by atoms with Gasteiger partial charge in [-0.1, -0.05) is 47.5 Å². The Hall–Kier alpha value is -3.16. The molecule has 0 saturated carbocycles. The molecule has 0 spiro atoms. The fraction of sp³-hybridized carbons (Fsp3) is 0.143. The number of carbonyl (C=O) groups excluding carboxylic acids is 1. The Labute approximate surface area is 183 Å². The number of benzene rings is 2. The molecule has 0 bridgehead atoms. The van der Waals surface area contributed by atoms with Gasteiger partial charge >= 0.3 is 0 Å². The van der Waals surface area contributed by atoms with Crippen molar-refractivity contribution < 1.29 is 9.72 Å². The first-order valence-electron chi connectivity index (χ1n) is 9.03. The smallest absolute Gasteiger partial charge is 0.292 e. The standard InChI is InChI=1S/C21H18Cl2N4O3/c22-17-9-8-15(11-18(17)23)13-26(14-16-5-3-4-10-24-16)21(28)12-25-19-6-1-2-7-20(19)27(29)30/h1-11,25H,12-14H2. The monoisotopic (exact) mass is 444 g/mol. The summed E-state index contributed by atoms with van der Waals surface area (Å²) in [7, 11) is 0. The highest BCUT2D eigenvalue weighted by molar-refractivity contribution is 6.42. The van der Waals surface area contributed by atoms with Gasteiger partial charge in [-0.3, -0.25) is 19.9 Å². The number of carbonyl (C=O) groups is 1. The first-order chi connectivity index (χ1) is 14.4. The summed E-state index contributed by atoms with van der Waals surface area (Å²) in [6.07, 6.45) is 1.66. The minimum Gasteiger partial charge on any atom is -0.371 e. The molecule has 0 aliphatic rings. The lowest BCUT2D eigenvalue weighted by atomic mass is 10.2. The number of nitrogens with one attached hydrogen (secondary N) is 1. The molecule has 9 heteroatoms. The number of anilines is 1. The predicted molar refractivity (Wildman–Crippen MR) is 117 cm³/mol. The molecule has 1 amide bonds. The molecule has 1 N–H and O–H groups in total. The zero-order valence-electron chi connectivity index (χ0n) is 15.8. The number of rotatable bonds is 8. The summed E-state index contributed by atoms with van der Waals surface area (Å²) in [5.74, 6) is -0.245. The number of hydrogen-bond donors (Lipinski definition) is 1. The third kappa shape index (κ3) is 5.68. The van der Waals surface area contributed by atoms with Gasteiger partial charge in [-0.2, -0.15) is 0 Å². The van der Waals surface area contributed by atoms with E-state index in [1.165, 1.54) is 6.07 Å². The number of pyridine rings is 1. The zero-order chi connectivity index (χ0) is 21.5. The topological polar surface area (TPSA) is 88.4 Å². The Kier molecular flexibility index (Phi) is 7.21. The van der Waals surface area contributed by atoms with Gasteiger partial charge in [-0.05, 0) is 35.9 Å². The maximum atomic E-state index is 13.0. The van der Waals surface area contributed by atoms with Crippen LogP contribution >= 0.6 is 23.2 Å². The summed E-state index contributed by atoms with van der Waals surface area (Å²) >= 11 is 12.1. The van der Waals surface area contributed by atoms with Gasteiger partial charge < -0.3 is 10.2 Å². The Morgan fingerprint density at radius 1 is 1.03 bits per heavy atom. The third-order valence-electron chi connectivity index (χ3n) is 4.32. The number of amides is 1. The maximum Gasteiger partial charge on any atom is 0.292 e. The van der Waals surface area contributed by atoms with Crippen LogP contribution in [0.3, 0.4) is 0 Å². The van der Waals surface area contributed by atoms with Gasteiger partial charge in [0, 0.05) is 18.8 Å². The maximum absolute atomic E-state index is 13.0. The lowest BCUT2D eigenvalue weighted by Crippen LogP contribution is -2.35. The second-order valence-electron chi connectivity index (χ2n) is 6.45. The molecule has 0 fully saturated rings. The number of nitrogens with zero attached hydrogens (tertiary/aromatic N) is 3. The van der Waals surface area contributed by atoms with Crippen molar-refractivity contribution in [3.63, 3.8) is 0 Å². The van der Waals surface area contributed by atoms with Crippen LogP contribution in [0.25, 0.3) is 0 Å². The highest BCUT2D eigenvalue weighted by Gasteiger charge is 2.18. The van der Waals surface area contributed by atoms with Crippen molar-refractivity contribution in [1.29, 1.82) is 0 Å². The van der Waals surface area contributed by atoms with E-state index in [4.69, 9.17) is 23.2 Å². The van der Waals surface area contributed by atoms with Crippen LogP contribution in [-0.2, 0) is 17.9 Å². The molecule has 0 aliphatic heterocycles. The SMILES string of the molecule is O=C(CNc1ccccc1[N+](=O)[O-])N(Cc1ccc(Cl)c(Cl)c1)Cc1ccccn1. The summed E-state index contributed by atoms with van der Waals surface area (Å²) < 4.78 is 0. The van der Waals surface area contributed by atoms with Gasteiger partial charge in [0.05, 0.1) is 33.8 Å². The minimum atomic E-state index is -0.492. The fourth-order valence-electron chi connectivity index (χ4n) is 2.84. The van der Waals surface area contributed by atoms with Crippen LogP contribution in [0.2, 0.25) is 10.0 Å². The number of halogens is 2. The molecule has 0 aliphatic carbocycles. The van der Waals surface area contributed by atoms with Crippen molar-refractivity contribution in [2.24, 2.45) is 0 Å². The quantitative estimate of drug-likeness (QED) is 0.392. The normalized spacial score (nSPS) is 10.5. The van der Waals surface area contributed by atoms with E-state index >= 15 is 0 Å². The van der Waals surface area contributed by atoms with Crippen molar-refractivity contribution in [2.75, 3.05) is 11.9 Å². The minimum absolute atomic E-state index is 0.0916. The molecular weight excluding hydrogens is 427 g/mol. The Bertz CT molecular complexity index is 1050. The van der Waals surface area contributed by atoms with E-state index < -0.39 is 4.92 Å². The van der Waals surface area contributed by atoms with Gasteiger partial charge in [-0.15, -0.1) is 0 Å². The highest BCUT2D eigenvalue weighted by atomic mass is 35.5. The van der Waals surface area contributed by atoms with Crippen LogP contribution in [0.5, 0.6) is 0 Å². The number of hydrogen-bond acceptors (Lipinski definition) is 5. The molecule has 7 nitrogen and oxygen atoms in total. The van der Waals surface area contributed by atoms with Gasteiger partial charge in [-0.25, -0.2) is 0 Å². The largest absolute Gasteiger partial charge is 0.371 e. The Balaban J connectivity index is 1.77. The van der Waals surface area contributed by atoms with Crippen molar-refractivity contribution in [3.05, 3.63) is 98.3 Å². The molecule has 1 heterocycles. The zero-order valence-corrected chi connectivity index (χ0v) is 17.3. The van der Waals surface area contributed by atoms with E-state index in [9.17, 15) is 14.9 Å². The Morgan fingerprint density at radius 2 is 1.80 bits per heavy atom. The predicted octanol–water partition coefficient (Wildman–Crippen LogP) is 4.94. The fourth-order valence-corrected chi connectivity index (χ4v) is 3.16. The summed E-state index contributed by atoms with van der Waals surface area (Å²) in [6.45, 7) is 0.447.